The molecule has 2 aliphatic rings. The zero-order valence-corrected chi connectivity index (χ0v) is 19.0. The number of allylic oxidation sites excluding steroid dienone is 1. The number of fused-ring (bicyclic) bond motifs is 1. The van der Waals surface area contributed by atoms with Crippen LogP contribution in [0, 0.1) is 19.8 Å². The van der Waals surface area contributed by atoms with Crippen LogP contribution in [0.4, 0.5) is 11.5 Å². The molecule has 0 bridgehead atoms. The molecule has 2 aromatic rings. The number of aromatic nitrogens is 2. The summed E-state index contributed by atoms with van der Waals surface area (Å²) in [5.74, 6) is 1.96. The van der Waals surface area contributed by atoms with Crippen molar-refractivity contribution in [2.24, 2.45) is 0 Å². The fourth-order valence-electron chi connectivity index (χ4n) is 3.21. The lowest BCUT2D eigenvalue weighted by Gasteiger charge is -2.21. The zero-order valence-electron chi connectivity index (χ0n) is 19.0. The van der Waals surface area contributed by atoms with E-state index >= 15 is 0 Å². The highest BCUT2D eigenvalue weighted by molar-refractivity contribution is 5.89. The monoisotopic (exact) mass is 404 g/mol. The molecule has 1 saturated carbocycles. The van der Waals surface area contributed by atoms with Crippen LogP contribution in [0.2, 0.25) is 0 Å². The molecule has 0 atom stereocenters. The Morgan fingerprint density at radius 2 is 1.77 bits per heavy atom. The van der Waals surface area contributed by atoms with E-state index in [4.69, 9.17) is 5.73 Å². The summed E-state index contributed by atoms with van der Waals surface area (Å²) in [6, 6.07) is 2.09. The molecule has 160 valence electrons. The van der Waals surface area contributed by atoms with E-state index in [1.807, 2.05) is 33.2 Å². The van der Waals surface area contributed by atoms with Gasteiger partial charge in [-0.25, -0.2) is 4.98 Å². The first-order valence-corrected chi connectivity index (χ1v) is 10.6. The number of nitrogens with two attached hydrogens (primary N) is 1. The van der Waals surface area contributed by atoms with Crippen LogP contribution in [-0.4, -0.2) is 16.6 Å². The minimum absolute atomic E-state index is 0.740. The third kappa shape index (κ3) is 5.90. The number of benzene rings is 1. The second kappa shape index (κ2) is 12.4. The maximum absolute atomic E-state index is 6.30. The molecule has 0 amide bonds. The number of hydrogen-bond donors (Lipinski definition) is 2. The number of terminal acetylenes is 1. The van der Waals surface area contributed by atoms with E-state index in [1.54, 1.807) is 6.08 Å². The van der Waals surface area contributed by atoms with Gasteiger partial charge in [-0.3, -0.25) is 0 Å². The van der Waals surface area contributed by atoms with Gasteiger partial charge in [0.05, 0.1) is 6.20 Å². The summed E-state index contributed by atoms with van der Waals surface area (Å²) < 4.78 is 2.09. The summed E-state index contributed by atoms with van der Waals surface area (Å²) in [6.45, 7) is 13.9. The van der Waals surface area contributed by atoms with Crippen LogP contribution < -0.4 is 11.1 Å². The Balaban J connectivity index is 0.000000563. The number of rotatable bonds is 4. The predicted octanol–water partition coefficient (Wildman–Crippen LogP) is 6.49. The lowest BCUT2D eigenvalue weighted by Crippen LogP contribution is -2.08. The van der Waals surface area contributed by atoms with E-state index in [0.717, 1.165) is 41.3 Å². The second-order valence-electron chi connectivity index (χ2n) is 6.81. The number of nitrogens with one attached hydrogen (secondary N) is 1. The highest BCUT2D eigenvalue weighted by atomic mass is 15.1. The Hall–Kier alpha value is -3.19. The van der Waals surface area contributed by atoms with Crippen molar-refractivity contribution in [1.29, 1.82) is 0 Å². The molecule has 1 aromatic heterocycles. The van der Waals surface area contributed by atoms with Crippen LogP contribution in [0.1, 0.15) is 67.6 Å². The zero-order chi connectivity index (χ0) is 22.7. The van der Waals surface area contributed by atoms with Crippen molar-refractivity contribution >= 4 is 35.4 Å². The van der Waals surface area contributed by atoms with Gasteiger partial charge >= 0.3 is 0 Å². The first-order chi connectivity index (χ1) is 14.6. The van der Waals surface area contributed by atoms with Crippen LogP contribution in [0.5, 0.6) is 0 Å². The van der Waals surface area contributed by atoms with Gasteiger partial charge in [0.2, 0.25) is 0 Å². The highest BCUT2D eigenvalue weighted by Crippen LogP contribution is 2.36. The number of aryl methyl sites for hydroxylation is 2. The third-order valence-corrected chi connectivity index (χ3v) is 4.71. The third-order valence-electron chi connectivity index (χ3n) is 4.71. The van der Waals surface area contributed by atoms with Gasteiger partial charge in [0, 0.05) is 30.9 Å². The summed E-state index contributed by atoms with van der Waals surface area (Å²) in [6.07, 6.45) is 22.1. The minimum atomic E-state index is 0.740. The maximum Gasteiger partial charge on any atom is 0.144 e. The molecule has 4 nitrogen and oxygen atoms in total. The first-order valence-electron chi connectivity index (χ1n) is 10.6. The van der Waals surface area contributed by atoms with E-state index in [0.29, 0.717) is 0 Å². The number of imidazole rings is 1. The van der Waals surface area contributed by atoms with Crippen molar-refractivity contribution in [2.45, 2.75) is 52.9 Å². The molecule has 2 heterocycles. The highest BCUT2D eigenvalue weighted by Gasteiger charge is 2.19. The van der Waals surface area contributed by atoms with Crippen LogP contribution in [-0.2, 0) is 6.42 Å². The number of anilines is 2. The molecule has 1 aliphatic heterocycles. The van der Waals surface area contributed by atoms with E-state index < -0.39 is 0 Å². The molecule has 1 fully saturated rings. The Labute approximate surface area is 182 Å². The Morgan fingerprint density at radius 1 is 1.13 bits per heavy atom. The van der Waals surface area contributed by atoms with Crippen molar-refractivity contribution in [3.63, 3.8) is 0 Å². The molecule has 1 aliphatic carbocycles. The van der Waals surface area contributed by atoms with E-state index in [-0.39, 0.29) is 0 Å². The normalized spacial score (nSPS) is 12.8. The SMILES string of the molecule is C#C.C1CC1.C=Cc1cc(C)c(C2=Cn3cc(NC)nc3CC2)c(C=C)c1N.CC. The molecule has 0 unspecified atom stereocenters. The van der Waals surface area contributed by atoms with Gasteiger partial charge in [-0.1, -0.05) is 58.4 Å². The van der Waals surface area contributed by atoms with E-state index in [2.05, 4.69) is 60.1 Å². The van der Waals surface area contributed by atoms with Gasteiger partial charge in [0.25, 0.3) is 0 Å². The van der Waals surface area contributed by atoms with Crippen LogP contribution >= 0.6 is 0 Å². The van der Waals surface area contributed by atoms with Crippen LogP contribution in [0.25, 0.3) is 23.9 Å². The molecule has 0 spiro atoms. The smallest absolute Gasteiger partial charge is 0.144 e. The Bertz CT molecular complexity index is 908. The van der Waals surface area contributed by atoms with Gasteiger partial charge in [0.15, 0.2) is 0 Å². The summed E-state index contributed by atoms with van der Waals surface area (Å²) in [5.41, 5.74) is 12.6. The van der Waals surface area contributed by atoms with Crippen LogP contribution in [0.15, 0.2) is 25.4 Å². The molecule has 4 rings (SSSR count). The van der Waals surface area contributed by atoms with Gasteiger partial charge < -0.3 is 15.6 Å². The van der Waals surface area contributed by atoms with Gasteiger partial charge in [-0.15, -0.1) is 12.8 Å². The molecule has 0 radical (unpaired) electrons. The second-order valence-corrected chi connectivity index (χ2v) is 6.81. The van der Waals surface area contributed by atoms with Gasteiger partial charge in [-0.2, -0.15) is 0 Å². The fraction of sp³-hybridized carbons (Fsp3) is 0.346. The van der Waals surface area contributed by atoms with E-state index in [1.165, 1.54) is 36.0 Å². The van der Waals surface area contributed by atoms with Crippen molar-refractivity contribution in [1.82, 2.24) is 9.55 Å². The Morgan fingerprint density at radius 3 is 2.27 bits per heavy atom. The number of nitrogen functional groups attached to an aromatic ring is 1. The van der Waals surface area contributed by atoms with Crippen molar-refractivity contribution in [3.05, 3.63) is 53.5 Å². The average molecular weight is 405 g/mol. The van der Waals surface area contributed by atoms with Crippen molar-refractivity contribution in [2.75, 3.05) is 18.1 Å². The predicted molar refractivity (Wildman–Crippen MR) is 135 cm³/mol. The largest absolute Gasteiger partial charge is 0.398 e. The molecule has 4 heteroatoms. The average Bonchev–Trinajstić information content (AvgIpc) is 3.62. The standard InChI is InChI=1S/C19H22N4.C3H6.C2H6.C2H2/c1-5-13-9-12(3)18(15(6-2)19(13)20)14-7-8-17-22-16(21-4)11-23(17)10-14;1-2-3-1;2*1-2/h5-6,9-11,21H,1-2,7-8,20H2,3-4H3;1-3H2;1-2H3;1-2H. The first kappa shape index (κ1) is 24.8. The molecular formula is C26H36N4. The lowest BCUT2D eigenvalue weighted by atomic mass is 9.88. The van der Waals surface area contributed by atoms with E-state index in [9.17, 15) is 0 Å². The quantitative estimate of drug-likeness (QED) is 0.452. The van der Waals surface area contributed by atoms with Gasteiger partial charge in [-0.05, 0) is 41.7 Å². The summed E-state index contributed by atoms with van der Waals surface area (Å²) in [5, 5.41) is 3.09. The fourth-order valence-corrected chi connectivity index (χ4v) is 3.21. The topological polar surface area (TPSA) is 55.9 Å². The summed E-state index contributed by atoms with van der Waals surface area (Å²) in [7, 11) is 1.88. The van der Waals surface area contributed by atoms with Crippen molar-refractivity contribution < 1.29 is 0 Å². The number of hydrogen-bond acceptors (Lipinski definition) is 3. The van der Waals surface area contributed by atoms with Crippen molar-refractivity contribution in [3.8, 4) is 12.8 Å². The molecule has 0 saturated heterocycles. The summed E-state index contributed by atoms with van der Waals surface area (Å²) in [4.78, 5) is 4.56. The molecular weight excluding hydrogens is 368 g/mol. The lowest BCUT2D eigenvalue weighted by molar-refractivity contribution is 0.848. The minimum Gasteiger partial charge on any atom is -0.398 e. The Kier molecular flexibility index (Phi) is 10.3. The molecule has 30 heavy (non-hydrogen) atoms. The van der Waals surface area contributed by atoms with Crippen LogP contribution in [0.3, 0.4) is 0 Å². The van der Waals surface area contributed by atoms with Gasteiger partial charge in [0.1, 0.15) is 11.6 Å². The number of nitrogens with zero attached hydrogens (tertiary/aromatic N) is 2. The summed E-state index contributed by atoms with van der Waals surface area (Å²) >= 11 is 0. The molecule has 3 N–H and O–H groups in total. The molecule has 1 aromatic carbocycles. The maximum atomic E-state index is 6.30.